The highest BCUT2D eigenvalue weighted by Crippen LogP contribution is 2.22. The van der Waals surface area contributed by atoms with Gasteiger partial charge in [-0.25, -0.2) is 4.98 Å². The van der Waals surface area contributed by atoms with Crippen molar-refractivity contribution in [1.82, 2.24) is 9.38 Å². The van der Waals surface area contributed by atoms with Crippen LogP contribution >= 0.6 is 0 Å². The molecule has 1 saturated carbocycles. The van der Waals surface area contributed by atoms with E-state index >= 15 is 0 Å². The molecule has 0 bridgehead atoms. The lowest BCUT2D eigenvalue weighted by molar-refractivity contribution is 0.101. The number of carbonyl (C=O) groups excluding carboxylic acids is 1. The van der Waals surface area contributed by atoms with Gasteiger partial charge in [0.1, 0.15) is 17.0 Å². The van der Waals surface area contributed by atoms with Gasteiger partial charge in [-0.3, -0.25) is 14.0 Å². The van der Waals surface area contributed by atoms with E-state index in [9.17, 15) is 9.59 Å². The molecule has 0 amide bonds. The number of hydrogen-bond acceptors (Lipinski definition) is 4. The van der Waals surface area contributed by atoms with Crippen LogP contribution in [0.3, 0.4) is 0 Å². The molecule has 2 heterocycles. The first kappa shape index (κ1) is 15.7. The van der Waals surface area contributed by atoms with Gasteiger partial charge in [-0.15, -0.1) is 0 Å². The molecule has 2 aromatic rings. The van der Waals surface area contributed by atoms with Crippen LogP contribution in [0.5, 0.6) is 0 Å². The topological polar surface area (TPSA) is 63.5 Å². The Balaban J connectivity index is 2.10. The molecule has 1 aliphatic rings. The van der Waals surface area contributed by atoms with Crippen LogP contribution < -0.4 is 10.9 Å². The van der Waals surface area contributed by atoms with Gasteiger partial charge in [0.15, 0.2) is 5.78 Å². The largest absolute Gasteiger partial charge is 0.366 e. The molecular formula is C18H23N3O2. The number of hydrogen-bond donors (Lipinski definition) is 1. The summed E-state index contributed by atoms with van der Waals surface area (Å²) in [5.74, 6) is 0.207. The van der Waals surface area contributed by atoms with E-state index in [2.05, 4.69) is 10.3 Å². The highest BCUT2D eigenvalue weighted by atomic mass is 16.1. The van der Waals surface area contributed by atoms with Crippen molar-refractivity contribution < 1.29 is 4.79 Å². The second kappa shape index (κ2) is 6.52. The van der Waals surface area contributed by atoms with Crippen molar-refractivity contribution >= 4 is 17.2 Å². The van der Waals surface area contributed by atoms with Crippen molar-refractivity contribution in [3.05, 3.63) is 39.8 Å². The van der Waals surface area contributed by atoms with Crippen LogP contribution in [0.2, 0.25) is 0 Å². The fourth-order valence-corrected chi connectivity index (χ4v) is 3.34. The van der Waals surface area contributed by atoms with Crippen LogP contribution in [0.4, 0.5) is 5.82 Å². The SMILES string of the molecule is CC(=O)c1c(NC2CCCCCC2)nc2c(C)cccn2c1=O. The standard InChI is InChI=1S/C18H23N3O2/c1-12-8-7-11-21-17(12)20-16(15(13(2)22)18(21)23)19-14-9-5-3-4-6-10-14/h7-8,11,14,19H,3-6,9-10H2,1-2H3. The van der Waals surface area contributed by atoms with E-state index in [0.29, 0.717) is 11.5 Å². The molecule has 0 aromatic carbocycles. The van der Waals surface area contributed by atoms with Crippen LogP contribution in [0.15, 0.2) is 23.1 Å². The normalized spacial score (nSPS) is 16.3. The molecule has 5 nitrogen and oxygen atoms in total. The molecular weight excluding hydrogens is 290 g/mol. The number of aromatic nitrogens is 2. The molecule has 0 aliphatic heterocycles. The van der Waals surface area contributed by atoms with Gasteiger partial charge in [0.25, 0.3) is 5.56 Å². The molecule has 0 atom stereocenters. The van der Waals surface area contributed by atoms with Crippen LogP contribution in [0.1, 0.15) is 61.4 Å². The van der Waals surface area contributed by atoms with Gasteiger partial charge in [0, 0.05) is 12.2 Å². The van der Waals surface area contributed by atoms with Crippen molar-refractivity contribution in [1.29, 1.82) is 0 Å². The second-order valence-corrected chi connectivity index (χ2v) is 6.41. The summed E-state index contributed by atoms with van der Waals surface area (Å²) in [5, 5.41) is 3.39. The summed E-state index contributed by atoms with van der Waals surface area (Å²) in [7, 11) is 0. The predicted octanol–water partition coefficient (Wildman–Crippen LogP) is 3.34. The fraction of sp³-hybridized carbons (Fsp3) is 0.500. The Morgan fingerprint density at radius 3 is 2.61 bits per heavy atom. The number of pyridine rings is 1. The quantitative estimate of drug-likeness (QED) is 0.697. The van der Waals surface area contributed by atoms with Gasteiger partial charge in [-0.2, -0.15) is 0 Å². The van der Waals surface area contributed by atoms with E-state index in [1.165, 1.54) is 37.0 Å². The number of aryl methyl sites for hydroxylation is 1. The van der Waals surface area contributed by atoms with E-state index in [-0.39, 0.29) is 22.9 Å². The highest BCUT2D eigenvalue weighted by molar-refractivity contribution is 5.98. The van der Waals surface area contributed by atoms with Gasteiger partial charge in [-0.05, 0) is 38.3 Å². The zero-order valence-corrected chi connectivity index (χ0v) is 13.8. The molecule has 0 unspecified atom stereocenters. The number of anilines is 1. The summed E-state index contributed by atoms with van der Waals surface area (Å²) < 4.78 is 1.46. The van der Waals surface area contributed by atoms with E-state index in [1.807, 2.05) is 13.0 Å². The van der Waals surface area contributed by atoms with E-state index in [1.54, 1.807) is 12.3 Å². The Hall–Kier alpha value is -2.17. The molecule has 122 valence electrons. The summed E-state index contributed by atoms with van der Waals surface area (Å²) in [4.78, 5) is 29.4. The number of nitrogens with one attached hydrogen (secondary N) is 1. The Kier molecular flexibility index (Phi) is 4.46. The Bertz CT molecular complexity index is 787. The lowest BCUT2D eigenvalue weighted by Crippen LogP contribution is -2.28. The van der Waals surface area contributed by atoms with Crippen molar-refractivity contribution in [3.8, 4) is 0 Å². The van der Waals surface area contributed by atoms with Crippen molar-refractivity contribution in [2.45, 2.75) is 58.4 Å². The first-order valence-electron chi connectivity index (χ1n) is 8.37. The maximum Gasteiger partial charge on any atom is 0.270 e. The number of nitrogens with zero attached hydrogens (tertiary/aromatic N) is 2. The number of fused-ring (bicyclic) bond motifs is 1. The minimum atomic E-state index is -0.290. The lowest BCUT2D eigenvalue weighted by atomic mass is 10.1. The molecule has 1 N–H and O–H groups in total. The molecule has 0 saturated heterocycles. The van der Waals surface area contributed by atoms with Gasteiger partial charge in [-0.1, -0.05) is 31.7 Å². The molecule has 5 heteroatoms. The maximum absolute atomic E-state index is 12.7. The molecule has 1 aliphatic carbocycles. The van der Waals surface area contributed by atoms with Gasteiger partial charge >= 0.3 is 0 Å². The first-order chi connectivity index (χ1) is 11.1. The van der Waals surface area contributed by atoms with E-state index < -0.39 is 0 Å². The highest BCUT2D eigenvalue weighted by Gasteiger charge is 2.20. The van der Waals surface area contributed by atoms with Crippen molar-refractivity contribution in [3.63, 3.8) is 0 Å². The predicted molar refractivity (Wildman–Crippen MR) is 91.3 cm³/mol. The summed E-state index contributed by atoms with van der Waals surface area (Å²) in [6, 6.07) is 4.01. The Labute approximate surface area is 135 Å². The van der Waals surface area contributed by atoms with Gasteiger partial charge in [0.2, 0.25) is 0 Å². The summed E-state index contributed by atoms with van der Waals surface area (Å²) in [6.45, 7) is 3.35. The number of Topliss-reactive ketones (excluding diaryl/α,β-unsaturated/α-hetero) is 1. The molecule has 0 spiro atoms. The number of carbonyl (C=O) groups is 1. The third-order valence-corrected chi connectivity index (χ3v) is 4.60. The monoisotopic (exact) mass is 313 g/mol. The fourth-order valence-electron chi connectivity index (χ4n) is 3.34. The van der Waals surface area contributed by atoms with Gasteiger partial charge in [0.05, 0.1) is 0 Å². The summed E-state index contributed by atoms with van der Waals surface area (Å²) in [5.41, 5.74) is 1.40. The molecule has 3 rings (SSSR count). The number of ketones is 1. The summed E-state index contributed by atoms with van der Waals surface area (Å²) in [6.07, 6.45) is 8.66. The van der Waals surface area contributed by atoms with Crippen LogP contribution in [0.25, 0.3) is 5.65 Å². The van der Waals surface area contributed by atoms with Crippen LogP contribution in [-0.4, -0.2) is 21.2 Å². The average molecular weight is 313 g/mol. The third-order valence-electron chi connectivity index (χ3n) is 4.60. The number of rotatable bonds is 3. The van der Waals surface area contributed by atoms with E-state index in [4.69, 9.17) is 0 Å². The smallest absolute Gasteiger partial charge is 0.270 e. The second-order valence-electron chi connectivity index (χ2n) is 6.41. The van der Waals surface area contributed by atoms with Crippen LogP contribution in [-0.2, 0) is 0 Å². The average Bonchev–Trinajstić information content (AvgIpc) is 2.77. The minimum Gasteiger partial charge on any atom is -0.366 e. The molecule has 2 aromatic heterocycles. The van der Waals surface area contributed by atoms with Gasteiger partial charge < -0.3 is 5.32 Å². The Morgan fingerprint density at radius 2 is 1.96 bits per heavy atom. The van der Waals surface area contributed by atoms with Crippen molar-refractivity contribution in [2.75, 3.05) is 5.32 Å². The molecule has 1 fully saturated rings. The van der Waals surface area contributed by atoms with Crippen LogP contribution in [0, 0.1) is 6.92 Å². The Morgan fingerprint density at radius 1 is 1.26 bits per heavy atom. The maximum atomic E-state index is 12.7. The first-order valence-corrected chi connectivity index (χ1v) is 8.37. The summed E-state index contributed by atoms with van der Waals surface area (Å²) >= 11 is 0. The molecule has 23 heavy (non-hydrogen) atoms. The van der Waals surface area contributed by atoms with Crippen molar-refractivity contribution in [2.24, 2.45) is 0 Å². The lowest BCUT2D eigenvalue weighted by Gasteiger charge is -2.19. The zero-order chi connectivity index (χ0) is 16.4. The zero-order valence-electron chi connectivity index (χ0n) is 13.8. The third kappa shape index (κ3) is 3.14. The van der Waals surface area contributed by atoms with E-state index in [0.717, 1.165) is 18.4 Å². The molecule has 0 radical (unpaired) electrons. The minimum absolute atomic E-state index is 0.164.